The monoisotopic (exact) mass is 250 g/mol. The van der Waals surface area contributed by atoms with E-state index in [0.717, 1.165) is 12.8 Å². The van der Waals surface area contributed by atoms with Gasteiger partial charge in [0.1, 0.15) is 23.4 Å². The van der Waals surface area contributed by atoms with E-state index >= 15 is 0 Å². The first-order valence-electron chi connectivity index (χ1n) is 5.97. The molecule has 1 heterocycles. The van der Waals surface area contributed by atoms with Gasteiger partial charge in [-0.1, -0.05) is 0 Å². The fourth-order valence-electron chi connectivity index (χ4n) is 1.92. The largest absolute Gasteiger partial charge is 0.497 e. The minimum atomic E-state index is -0.000266. The van der Waals surface area contributed by atoms with Gasteiger partial charge in [0.25, 0.3) is 0 Å². The van der Waals surface area contributed by atoms with Gasteiger partial charge in [-0.2, -0.15) is 0 Å². The summed E-state index contributed by atoms with van der Waals surface area (Å²) in [5, 5.41) is 7.55. The lowest BCUT2D eigenvalue weighted by Crippen LogP contribution is -2.27. The number of benzene rings is 1. The lowest BCUT2D eigenvalue weighted by atomic mass is 10.1. The van der Waals surface area contributed by atoms with Crippen LogP contribution in [0.15, 0.2) is 18.2 Å². The van der Waals surface area contributed by atoms with Crippen LogP contribution >= 0.6 is 0 Å². The molecular formula is C13H18N2O3. The fraction of sp³-hybridized carbons (Fsp3) is 0.462. The van der Waals surface area contributed by atoms with E-state index < -0.39 is 0 Å². The number of rotatable bonds is 4. The van der Waals surface area contributed by atoms with E-state index in [1.165, 1.54) is 0 Å². The van der Waals surface area contributed by atoms with Crippen molar-refractivity contribution in [3.8, 4) is 11.5 Å². The second-order valence-corrected chi connectivity index (χ2v) is 4.21. The van der Waals surface area contributed by atoms with Crippen LogP contribution in [0.2, 0.25) is 0 Å². The van der Waals surface area contributed by atoms with Gasteiger partial charge >= 0.3 is 0 Å². The van der Waals surface area contributed by atoms with Crippen molar-refractivity contribution >= 4 is 5.84 Å². The molecule has 5 heteroatoms. The first-order valence-corrected chi connectivity index (χ1v) is 5.97. The Balaban J connectivity index is 2.19. The number of methoxy groups -OCH3 is 1. The average Bonchev–Trinajstić information content (AvgIpc) is 2.39. The minimum Gasteiger partial charge on any atom is -0.497 e. The molecular weight excluding hydrogens is 232 g/mol. The van der Waals surface area contributed by atoms with Crippen molar-refractivity contribution in [1.82, 2.24) is 0 Å². The smallest absolute Gasteiger partial charge is 0.134 e. The van der Waals surface area contributed by atoms with Crippen LogP contribution < -0.4 is 15.2 Å². The third-order valence-electron chi connectivity index (χ3n) is 2.94. The zero-order valence-electron chi connectivity index (χ0n) is 10.4. The number of nitrogen functional groups attached to an aromatic ring is 1. The number of hydrogen-bond acceptors (Lipinski definition) is 4. The standard InChI is InChI=1S/C13H18N2O3/c1-16-10-2-3-11(13(14)15)12(8-10)18-9-4-6-17-7-5-9/h2-3,8-9H,4-7H2,1H3,(H3,14,15). The van der Waals surface area contributed by atoms with Crippen molar-refractivity contribution in [2.75, 3.05) is 20.3 Å². The van der Waals surface area contributed by atoms with Crippen LogP contribution in [0.3, 0.4) is 0 Å². The van der Waals surface area contributed by atoms with E-state index in [0.29, 0.717) is 30.3 Å². The summed E-state index contributed by atoms with van der Waals surface area (Å²) in [6.45, 7) is 1.42. The Hall–Kier alpha value is -1.75. The number of nitrogens with two attached hydrogens (primary N) is 1. The van der Waals surface area contributed by atoms with Crippen LogP contribution in [0.5, 0.6) is 11.5 Å². The van der Waals surface area contributed by atoms with Gasteiger partial charge in [0.2, 0.25) is 0 Å². The quantitative estimate of drug-likeness (QED) is 0.627. The van der Waals surface area contributed by atoms with Gasteiger partial charge in [-0.15, -0.1) is 0 Å². The second-order valence-electron chi connectivity index (χ2n) is 4.21. The maximum absolute atomic E-state index is 7.55. The van der Waals surface area contributed by atoms with Gasteiger partial charge < -0.3 is 19.9 Å². The van der Waals surface area contributed by atoms with Crippen LogP contribution in [0.25, 0.3) is 0 Å². The molecule has 3 N–H and O–H groups in total. The van der Waals surface area contributed by atoms with Gasteiger partial charge in [0, 0.05) is 18.9 Å². The highest BCUT2D eigenvalue weighted by Gasteiger charge is 2.18. The maximum atomic E-state index is 7.55. The highest BCUT2D eigenvalue weighted by molar-refractivity contribution is 5.97. The molecule has 2 rings (SSSR count). The highest BCUT2D eigenvalue weighted by atomic mass is 16.5. The lowest BCUT2D eigenvalue weighted by Gasteiger charge is -2.24. The summed E-state index contributed by atoms with van der Waals surface area (Å²) < 4.78 is 16.4. The molecule has 1 aromatic carbocycles. The maximum Gasteiger partial charge on any atom is 0.134 e. The van der Waals surface area contributed by atoms with E-state index in [-0.39, 0.29) is 11.9 Å². The molecule has 5 nitrogen and oxygen atoms in total. The molecule has 1 aliphatic heterocycles. The molecule has 18 heavy (non-hydrogen) atoms. The van der Waals surface area contributed by atoms with Crippen LogP contribution in [0.4, 0.5) is 0 Å². The molecule has 0 spiro atoms. The molecule has 98 valence electrons. The first-order chi connectivity index (χ1) is 8.70. The van der Waals surface area contributed by atoms with E-state index in [1.807, 2.05) is 0 Å². The number of nitrogens with one attached hydrogen (secondary N) is 1. The third kappa shape index (κ3) is 2.92. The van der Waals surface area contributed by atoms with Crippen LogP contribution in [0, 0.1) is 5.41 Å². The van der Waals surface area contributed by atoms with E-state index in [1.54, 1.807) is 25.3 Å². The first kappa shape index (κ1) is 12.7. The Morgan fingerprint density at radius 3 is 2.72 bits per heavy atom. The Labute approximate surface area is 106 Å². The summed E-state index contributed by atoms with van der Waals surface area (Å²) in [4.78, 5) is 0. The number of ether oxygens (including phenoxy) is 3. The third-order valence-corrected chi connectivity index (χ3v) is 2.94. The summed E-state index contributed by atoms with van der Waals surface area (Å²) >= 11 is 0. The Bertz CT molecular complexity index is 428. The van der Waals surface area contributed by atoms with E-state index in [9.17, 15) is 0 Å². The molecule has 0 radical (unpaired) electrons. The Kier molecular flexibility index (Phi) is 4.04. The fourth-order valence-corrected chi connectivity index (χ4v) is 1.92. The number of amidine groups is 1. The summed E-state index contributed by atoms with van der Waals surface area (Å²) in [6, 6.07) is 5.29. The van der Waals surface area contributed by atoms with Crippen molar-refractivity contribution in [2.45, 2.75) is 18.9 Å². The van der Waals surface area contributed by atoms with Gasteiger partial charge in [-0.25, -0.2) is 0 Å². The van der Waals surface area contributed by atoms with Crippen molar-refractivity contribution in [1.29, 1.82) is 5.41 Å². The van der Waals surface area contributed by atoms with E-state index in [4.69, 9.17) is 25.4 Å². The zero-order chi connectivity index (χ0) is 13.0. The predicted molar refractivity (Wildman–Crippen MR) is 68.5 cm³/mol. The molecule has 0 aliphatic carbocycles. The summed E-state index contributed by atoms with van der Waals surface area (Å²) in [5.74, 6) is 1.30. The van der Waals surface area contributed by atoms with Crippen LogP contribution in [-0.4, -0.2) is 32.3 Å². The average molecular weight is 250 g/mol. The predicted octanol–water partition coefficient (Wildman–Crippen LogP) is 1.54. The zero-order valence-corrected chi connectivity index (χ0v) is 10.4. The lowest BCUT2D eigenvalue weighted by molar-refractivity contribution is 0.0254. The van der Waals surface area contributed by atoms with Gasteiger partial charge in [-0.3, -0.25) is 5.41 Å². The highest BCUT2D eigenvalue weighted by Crippen LogP contribution is 2.27. The van der Waals surface area contributed by atoms with Crippen LogP contribution in [0.1, 0.15) is 18.4 Å². The van der Waals surface area contributed by atoms with Crippen LogP contribution in [-0.2, 0) is 4.74 Å². The molecule has 0 unspecified atom stereocenters. The molecule has 1 saturated heterocycles. The molecule has 1 fully saturated rings. The summed E-state index contributed by atoms with van der Waals surface area (Å²) in [6.07, 6.45) is 1.83. The van der Waals surface area contributed by atoms with Crippen molar-refractivity contribution < 1.29 is 14.2 Å². The molecule has 0 aromatic heterocycles. The topological polar surface area (TPSA) is 77.6 Å². The number of hydrogen-bond donors (Lipinski definition) is 2. The molecule has 0 saturated carbocycles. The minimum absolute atomic E-state index is 0.000266. The molecule has 0 amide bonds. The Morgan fingerprint density at radius 1 is 1.39 bits per heavy atom. The normalized spacial score (nSPS) is 16.3. The molecule has 0 atom stereocenters. The van der Waals surface area contributed by atoms with Crippen molar-refractivity contribution in [3.05, 3.63) is 23.8 Å². The SMILES string of the molecule is COc1ccc(C(=N)N)c(OC2CCOCC2)c1. The van der Waals surface area contributed by atoms with Gasteiger partial charge in [-0.05, 0) is 12.1 Å². The van der Waals surface area contributed by atoms with Gasteiger partial charge in [0.05, 0.1) is 25.9 Å². The summed E-state index contributed by atoms with van der Waals surface area (Å²) in [5.41, 5.74) is 6.15. The Morgan fingerprint density at radius 2 is 2.11 bits per heavy atom. The molecule has 1 aromatic rings. The molecule has 0 bridgehead atoms. The summed E-state index contributed by atoms with van der Waals surface area (Å²) in [7, 11) is 1.60. The van der Waals surface area contributed by atoms with Crippen molar-refractivity contribution in [3.63, 3.8) is 0 Å². The van der Waals surface area contributed by atoms with E-state index in [2.05, 4.69) is 0 Å². The second kappa shape index (κ2) is 5.73. The van der Waals surface area contributed by atoms with Crippen molar-refractivity contribution in [2.24, 2.45) is 5.73 Å². The van der Waals surface area contributed by atoms with Gasteiger partial charge in [0.15, 0.2) is 0 Å². The molecule has 1 aliphatic rings.